The van der Waals surface area contributed by atoms with Gasteiger partial charge in [-0.1, -0.05) is 18.2 Å². The predicted molar refractivity (Wildman–Crippen MR) is 82.6 cm³/mol. The molecular weight excluding hydrogens is 316 g/mol. The Bertz CT molecular complexity index is 682. The first-order chi connectivity index (χ1) is 9.50. The largest absolute Gasteiger partial charge is 0.307 e. The topological polar surface area (TPSA) is 33.2 Å². The van der Waals surface area contributed by atoms with Crippen LogP contribution < -0.4 is 4.90 Å². The van der Waals surface area contributed by atoms with E-state index in [0.29, 0.717) is 6.54 Å². The molecule has 3 nitrogen and oxygen atoms in total. The van der Waals surface area contributed by atoms with Crippen molar-refractivity contribution in [3.8, 4) is 0 Å². The van der Waals surface area contributed by atoms with Crippen molar-refractivity contribution in [3.63, 3.8) is 0 Å². The van der Waals surface area contributed by atoms with E-state index in [9.17, 15) is 4.79 Å². The van der Waals surface area contributed by atoms with Gasteiger partial charge in [-0.15, -0.1) is 0 Å². The van der Waals surface area contributed by atoms with Crippen molar-refractivity contribution in [1.82, 2.24) is 4.98 Å². The summed E-state index contributed by atoms with van der Waals surface area (Å²) in [6.07, 6.45) is 3.54. The Morgan fingerprint density at radius 1 is 1.25 bits per heavy atom. The van der Waals surface area contributed by atoms with Crippen molar-refractivity contribution in [2.45, 2.75) is 25.8 Å². The minimum atomic E-state index is -0.462. The van der Waals surface area contributed by atoms with Gasteiger partial charge in [0.2, 0.25) is 5.91 Å². The van der Waals surface area contributed by atoms with Gasteiger partial charge in [0.05, 0.1) is 12.0 Å². The first-order valence-corrected chi connectivity index (χ1v) is 7.30. The molecule has 0 bridgehead atoms. The molecule has 0 N–H and O–H groups in total. The second-order valence-electron chi connectivity index (χ2n) is 5.54. The quantitative estimate of drug-likeness (QED) is 0.841. The number of rotatable bonds is 2. The molecule has 2 heterocycles. The van der Waals surface area contributed by atoms with E-state index in [0.717, 1.165) is 21.3 Å². The number of anilines is 1. The summed E-state index contributed by atoms with van der Waals surface area (Å²) in [6.45, 7) is 4.51. The number of amides is 1. The third-order valence-electron chi connectivity index (χ3n) is 3.75. The lowest BCUT2D eigenvalue weighted by Gasteiger charge is -2.20. The first kappa shape index (κ1) is 13.3. The zero-order valence-electron chi connectivity index (χ0n) is 11.4. The van der Waals surface area contributed by atoms with Gasteiger partial charge in [-0.3, -0.25) is 9.78 Å². The third kappa shape index (κ3) is 2.04. The number of carbonyl (C=O) groups is 1. The number of benzene rings is 1. The molecule has 2 aromatic rings. The van der Waals surface area contributed by atoms with Gasteiger partial charge in [0.25, 0.3) is 0 Å². The maximum atomic E-state index is 12.7. The molecule has 0 unspecified atom stereocenters. The molecule has 0 radical (unpaired) electrons. The van der Waals surface area contributed by atoms with Crippen molar-refractivity contribution < 1.29 is 4.79 Å². The second kappa shape index (κ2) is 4.70. The molecular formula is C16H15BrN2O. The van der Waals surface area contributed by atoms with Crippen LogP contribution >= 0.6 is 15.9 Å². The van der Waals surface area contributed by atoms with E-state index in [1.165, 1.54) is 0 Å². The Morgan fingerprint density at radius 3 is 2.75 bits per heavy atom. The van der Waals surface area contributed by atoms with Crippen molar-refractivity contribution >= 4 is 27.5 Å². The fraction of sp³-hybridized carbons (Fsp3) is 0.250. The molecule has 0 spiro atoms. The minimum absolute atomic E-state index is 0.138. The monoisotopic (exact) mass is 330 g/mol. The second-order valence-corrected chi connectivity index (χ2v) is 6.46. The van der Waals surface area contributed by atoms with Crippen LogP contribution in [0, 0.1) is 0 Å². The van der Waals surface area contributed by atoms with Gasteiger partial charge in [-0.2, -0.15) is 0 Å². The number of hydrogen-bond acceptors (Lipinski definition) is 2. The number of carbonyl (C=O) groups excluding carboxylic acids is 1. The van der Waals surface area contributed by atoms with Crippen LogP contribution in [0.25, 0.3) is 0 Å². The summed E-state index contributed by atoms with van der Waals surface area (Å²) in [4.78, 5) is 18.7. The van der Waals surface area contributed by atoms with Gasteiger partial charge >= 0.3 is 0 Å². The van der Waals surface area contributed by atoms with Gasteiger partial charge < -0.3 is 4.90 Å². The highest BCUT2D eigenvalue weighted by Crippen LogP contribution is 2.41. The van der Waals surface area contributed by atoms with Crippen LogP contribution in [0.15, 0.2) is 47.2 Å². The summed E-state index contributed by atoms with van der Waals surface area (Å²) in [7, 11) is 0. The Labute approximate surface area is 126 Å². The van der Waals surface area contributed by atoms with E-state index in [2.05, 4.69) is 20.9 Å². The number of para-hydroxylation sites is 1. The number of aromatic nitrogens is 1. The lowest BCUT2D eigenvalue weighted by atomic mass is 9.86. The Kier molecular flexibility index (Phi) is 3.13. The molecule has 0 saturated heterocycles. The lowest BCUT2D eigenvalue weighted by molar-refractivity contribution is -0.122. The Hall–Kier alpha value is -1.68. The van der Waals surface area contributed by atoms with E-state index in [4.69, 9.17) is 0 Å². The van der Waals surface area contributed by atoms with Gasteiger partial charge in [0, 0.05) is 22.6 Å². The third-order valence-corrected chi connectivity index (χ3v) is 4.18. The first-order valence-electron chi connectivity index (χ1n) is 6.51. The van der Waals surface area contributed by atoms with E-state index in [-0.39, 0.29) is 5.91 Å². The highest BCUT2D eigenvalue weighted by Gasteiger charge is 2.43. The van der Waals surface area contributed by atoms with Crippen LogP contribution in [0.2, 0.25) is 0 Å². The number of pyridine rings is 1. The molecule has 0 saturated carbocycles. The van der Waals surface area contributed by atoms with E-state index in [1.54, 1.807) is 12.4 Å². The smallest absolute Gasteiger partial charge is 0.237 e. The summed E-state index contributed by atoms with van der Waals surface area (Å²) in [6, 6.07) is 9.99. The molecule has 1 amide bonds. The Balaban J connectivity index is 2.01. The number of fused-ring (bicyclic) bond motifs is 1. The van der Waals surface area contributed by atoms with Crippen LogP contribution in [0.4, 0.5) is 5.69 Å². The molecule has 4 heteroatoms. The summed E-state index contributed by atoms with van der Waals surface area (Å²) in [5.41, 5.74) is 2.64. The highest BCUT2D eigenvalue weighted by atomic mass is 79.9. The number of hydrogen-bond donors (Lipinski definition) is 0. The lowest BCUT2D eigenvalue weighted by Crippen LogP contribution is -2.35. The average molecular weight is 331 g/mol. The molecule has 20 heavy (non-hydrogen) atoms. The highest BCUT2D eigenvalue weighted by molar-refractivity contribution is 9.10. The summed E-state index contributed by atoms with van der Waals surface area (Å²) in [5.74, 6) is 0.138. The Morgan fingerprint density at radius 2 is 2.00 bits per heavy atom. The van der Waals surface area contributed by atoms with Gasteiger partial charge in [0.1, 0.15) is 0 Å². The molecule has 1 aromatic heterocycles. The summed E-state index contributed by atoms with van der Waals surface area (Å²) < 4.78 is 0.925. The molecule has 3 rings (SSSR count). The van der Waals surface area contributed by atoms with Gasteiger partial charge in [-0.25, -0.2) is 0 Å². The molecule has 0 aliphatic carbocycles. The fourth-order valence-electron chi connectivity index (χ4n) is 2.68. The van der Waals surface area contributed by atoms with Crippen molar-refractivity contribution in [2.24, 2.45) is 0 Å². The van der Waals surface area contributed by atoms with E-state index in [1.807, 2.05) is 49.1 Å². The van der Waals surface area contributed by atoms with E-state index < -0.39 is 5.41 Å². The maximum Gasteiger partial charge on any atom is 0.237 e. The molecule has 1 aliphatic rings. The van der Waals surface area contributed by atoms with Crippen molar-refractivity contribution in [2.75, 3.05) is 4.90 Å². The van der Waals surface area contributed by atoms with E-state index >= 15 is 0 Å². The zero-order valence-corrected chi connectivity index (χ0v) is 13.0. The average Bonchev–Trinajstić information content (AvgIpc) is 2.61. The van der Waals surface area contributed by atoms with Crippen LogP contribution in [-0.4, -0.2) is 10.9 Å². The van der Waals surface area contributed by atoms with Crippen molar-refractivity contribution in [3.05, 3.63) is 58.3 Å². The number of nitrogens with zero attached hydrogens (tertiary/aromatic N) is 2. The van der Waals surface area contributed by atoms with Gasteiger partial charge in [-0.05, 0) is 53.0 Å². The predicted octanol–water partition coefficient (Wildman–Crippen LogP) is 3.67. The molecule has 102 valence electrons. The van der Waals surface area contributed by atoms with Gasteiger partial charge in [0.15, 0.2) is 0 Å². The van der Waals surface area contributed by atoms with Crippen LogP contribution in [0.5, 0.6) is 0 Å². The fourth-order valence-corrected chi connectivity index (χ4v) is 3.09. The number of halogens is 1. The molecule has 0 fully saturated rings. The van der Waals surface area contributed by atoms with Crippen LogP contribution in [-0.2, 0) is 16.8 Å². The molecule has 1 aromatic carbocycles. The minimum Gasteiger partial charge on any atom is -0.307 e. The standard InChI is InChI=1S/C16H15BrN2O/c1-16(2)13-5-3-4-6-14(13)19(15(16)20)10-11-7-12(17)9-18-8-11/h3-9H,10H2,1-2H3. The summed E-state index contributed by atoms with van der Waals surface area (Å²) in [5, 5.41) is 0. The van der Waals surface area contributed by atoms with Crippen molar-refractivity contribution in [1.29, 1.82) is 0 Å². The molecule has 1 aliphatic heterocycles. The summed E-state index contributed by atoms with van der Waals surface area (Å²) >= 11 is 3.41. The normalized spacial score (nSPS) is 16.4. The maximum absolute atomic E-state index is 12.7. The van der Waals surface area contributed by atoms with Crippen LogP contribution in [0.3, 0.4) is 0 Å². The SMILES string of the molecule is CC1(C)C(=O)N(Cc2cncc(Br)c2)c2ccccc21. The zero-order chi connectivity index (χ0) is 14.3. The molecule has 0 atom stereocenters. The van der Waals surface area contributed by atoms with Crippen LogP contribution in [0.1, 0.15) is 25.0 Å².